The van der Waals surface area contributed by atoms with Crippen molar-refractivity contribution in [2.45, 2.75) is 6.92 Å². The van der Waals surface area contributed by atoms with Crippen LogP contribution >= 0.6 is 23.2 Å². The lowest BCUT2D eigenvalue weighted by Crippen LogP contribution is -2.11. The number of aromatic nitrogens is 3. The van der Waals surface area contributed by atoms with Crippen LogP contribution in [0.3, 0.4) is 0 Å². The lowest BCUT2D eigenvalue weighted by molar-refractivity contribution is 0.478. The first-order chi connectivity index (χ1) is 13.4. The highest BCUT2D eigenvalue weighted by Crippen LogP contribution is 2.34. The first kappa shape index (κ1) is 18.4. The molecule has 28 heavy (non-hydrogen) atoms. The van der Waals surface area contributed by atoms with E-state index in [1.807, 2.05) is 26.1 Å². The quantitative estimate of drug-likeness (QED) is 0.397. The maximum atomic E-state index is 12.8. The number of aliphatic hydroxyl groups excluding tert-OH is 1. The van der Waals surface area contributed by atoms with Gasteiger partial charge in [0.15, 0.2) is 0 Å². The van der Waals surface area contributed by atoms with Crippen LogP contribution in [0.5, 0.6) is 0 Å². The molecule has 0 aliphatic rings. The summed E-state index contributed by atoms with van der Waals surface area (Å²) in [6, 6.07) is 8.95. The summed E-state index contributed by atoms with van der Waals surface area (Å²) >= 11 is 12.5. The van der Waals surface area contributed by atoms with Crippen LogP contribution in [0.4, 0.5) is 11.6 Å². The second-order valence-electron chi connectivity index (χ2n) is 6.38. The summed E-state index contributed by atoms with van der Waals surface area (Å²) < 4.78 is 1.80. The van der Waals surface area contributed by atoms with Crippen LogP contribution in [0, 0.1) is 6.92 Å². The van der Waals surface area contributed by atoms with Gasteiger partial charge in [-0.3, -0.25) is 4.79 Å². The van der Waals surface area contributed by atoms with Gasteiger partial charge in [0, 0.05) is 12.7 Å². The number of aromatic amines is 1. The second kappa shape index (κ2) is 6.89. The number of imidazole rings is 1. The maximum Gasteiger partial charge on any atom is 0.258 e. The molecular formula is C20H16Cl2N4O2. The molecule has 2 aromatic heterocycles. The highest BCUT2D eigenvalue weighted by atomic mass is 35.5. The molecule has 2 heterocycles. The van der Waals surface area contributed by atoms with Gasteiger partial charge in [-0.2, -0.15) is 0 Å². The van der Waals surface area contributed by atoms with Crippen molar-refractivity contribution in [3.8, 4) is 0 Å². The predicted octanol–water partition coefficient (Wildman–Crippen LogP) is 5.30. The Labute approximate surface area is 170 Å². The Morgan fingerprint density at radius 3 is 2.61 bits per heavy atom. The van der Waals surface area contributed by atoms with Crippen molar-refractivity contribution < 1.29 is 5.11 Å². The fourth-order valence-corrected chi connectivity index (χ4v) is 3.84. The highest BCUT2D eigenvalue weighted by Gasteiger charge is 2.17. The van der Waals surface area contributed by atoms with Gasteiger partial charge in [0.1, 0.15) is 0 Å². The number of benzene rings is 2. The number of hydrogen-bond donors (Lipinski definition) is 3. The topological polar surface area (TPSA) is 82.9 Å². The molecule has 142 valence electrons. The van der Waals surface area contributed by atoms with Gasteiger partial charge in [0.25, 0.3) is 5.56 Å². The number of aryl methyl sites for hydroxylation is 2. The van der Waals surface area contributed by atoms with Crippen LogP contribution in [0.1, 0.15) is 11.3 Å². The van der Waals surface area contributed by atoms with Gasteiger partial charge in [0.2, 0.25) is 5.95 Å². The third-order valence-corrected chi connectivity index (χ3v) is 5.39. The van der Waals surface area contributed by atoms with Crippen LogP contribution in [-0.2, 0) is 7.05 Å². The van der Waals surface area contributed by atoms with Crippen molar-refractivity contribution in [2.24, 2.45) is 7.05 Å². The predicted molar refractivity (Wildman–Crippen MR) is 115 cm³/mol. The van der Waals surface area contributed by atoms with Crippen molar-refractivity contribution in [3.63, 3.8) is 0 Å². The zero-order valence-electron chi connectivity index (χ0n) is 15.0. The largest absolute Gasteiger partial charge is 0.516 e. The fourth-order valence-electron chi connectivity index (χ4n) is 3.35. The molecule has 0 atom stereocenters. The van der Waals surface area contributed by atoms with Crippen molar-refractivity contribution >= 4 is 62.7 Å². The smallest absolute Gasteiger partial charge is 0.258 e. The minimum absolute atomic E-state index is 0.260. The van der Waals surface area contributed by atoms with Crippen molar-refractivity contribution in [2.75, 3.05) is 5.32 Å². The molecular weight excluding hydrogens is 399 g/mol. The fraction of sp³-hybridized carbons (Fsp3) is 0.100. The van der Waals surface area contributed by atoms with Gasteiger partial charge in [-0.05, 0) is 42.1 Å². The third-order valence-electron chi connectivity index (χ3n) is 4.76. The summed E-state index contributed by atoms with van der Waals surface area (Å²) in [5, 5.41) is 14.5. The number of anilines is 2. The Kier molecular flexibility index (Phi) is 4.53. The molecule has 4 rings (SSSR count). The van der Waals surface area contributed by atoms with E-state index >= 15 is 0 Å². The standard InChI is InChI=1S/C20H16Cl2N4O2/c1-10-11-6-7-15-18(16(11)19(28)23-14(10)8-9-27)26(2)20(24-15)25-17-12(21)4-3-5-13(17)22/h3-9,27H,1-2H3,(H,23,28)(H,24,25)/b9-8+. The number of para-hydroxylation sites is 1. The Balaban J connectivity index is 1.98. The van der Waals surface area contributed by atoms with E-state index in [0.29, 0.717) is 43.8 Å². The summed E-state index contributed by atoms with van der Waals surface area (Å²) in [7, 11) is 1.82. The van der Waals surface area contributed by atoms with E-state index in [-0.39, 0.29) is 5.56 Å². The molecule has 0 fully saturated rings. The van der Waals surface area contributed by atoms with E-state index in [9.17, 15) is 4.79 Å². The molecule has 0 saturated carbocycles. The molecule has 3 N–H and O–H groups in total. The molecule has 0 radical (unpaired) electrons. The van der Waals surface area contributed by atoms with Crippen molar-refractivity contribution in [1.82, 2.24) is 14.5 Å². The Bertz CT molecular complexity index is 1300. The second-order valence-corrected chi connectivity index (χ2v) is 7.19. The van der Waals surface area contributed by atoms with Crippen LogP contribution in [0.2, 0.25) is 10.0 Å². The number of hydrogen-bond acceptors (Lipinski definition) is 4. The number of nitrogens with zero attached hydrogens (tertiary/aromatic N) is 2. The van der Waals surface area contributed by atoms with Gasteiger partial charge in [-0.1, -0.05) is 35.3 Å². The number of aliphatic hydroxyl groups is 1. The number of halogens is 2. The van der Waals surface area contributed by atoms with Crippen molar-refractivity contribution in [3.05, 3.63) is 68.3 Å². The summed E-state index contributed by atoms with van der Waals surface area (Å²) in [6.45, 7) is 1.89. The molecule has 0 unspecified atom stereocenters. The number of H-pyrrole nitrogens is 1. The molecule has 4 aromatic rings. The first-order valence-corrected chi connectivity index (χ1v) is 9.21. The van der Waals surface area contributed by atoms with E-state index in [2.05, 4.69) is 15.3 Å². The SMILES string of the molecule is Cc1c(/C=C/O)[nH]c(=O)c2c1ccc1nc(Nc3c(Cl)cccc3Cl)n(C)c12. The van der Waals surface area contributed by atoms with E-state index in [0.717, 1.165) is 17.2 Å². The Morgan fingerprint density at radius 1 is 1.21 bits per heavy atom. The third kappa shape index (κ3) is 2.82. The van der Waals surface area contributed by atoms with E-state index in [1.165, 1.54) is 6.08 Å². The zero-order valence-corrected chi connectivity index (χ0v) is 16.6. The summed E-state index contributed by atoms with van der Waals surface area (Å²) in [4.78, 5) is 20.2. The molecule has 0 bridgehead atoms. The maximum absolute atomic E-state index is 12.8. The average Bonchev–Trinajstić information content (AvgIpc) is 2.98. The lowest BCUT2D eigenvalue weighted by Gasteiger charge is -2.10. The van der Waals surface area contributed by atoms with Gasteiger partial charge in [-0.25, -0.2) is 4.98 Å². The molecule has 0 aliphatic carbocycles. The molecule has 0 saturated heterocycles. The minimum Gasteiger partial charge on any atom is -0.516 e. The summed E-state index contributed by atoms with van der Waals surface area (Å²) in [5.41, 5.74) is 3.05. The summed E-state index contributed by atoms with van der Waals surface area (Å²) in [5.74, 6) is 0.508. The Hall–Kier alpha value is -2.96. The van der Waals surface area contributed by atoms with Crippen LogP contribution in [0.15, 0.2) is 41.4 Å². The average molecular weight is 415 g/mol. The van der Waals surface area contributed by atoms with E-state index in [1.54, 1.807) is 22.8 Å². The number of rotatable bonds is 3. The highest BCUT2D eigenvalue weighted by molar-refractivity contribution is 6.39. The van der Waals surface area contributed by atoms with E-state index < -0.39 is 0 Å². The van der Waals surface area contributed by atoms with Gasteiger partial charge in [0.05, 0.1) is 38.4 Å². The minimum atomic E-state index is -0.260. The van der Waals surface area contributed by atoms with E-state index in [4.69, 9.17) is 28.3 Å². The number of pyridine rings is 1. The molecule has 2 aromatic carbocycles. The summed E-state index contributed by atoms with van der Waals surface area (Å²) in [6.07, 6.45) is 2.36. The molecule has 0 amide bonds. The number of fused-ring (bicyclic) bond motifs is 3. The molecule has 6 nitrogen and oxygen atoms in total. The van der Waals surface area contributed by atoms with Crippen LogP contribution < -0.4 is 10.9 Å². The molecule has 0 aliphatic heterocycles. The van der Waals surface area contributed by atoms with Crippen LogP contribution in [-0.4, -0.2) is 19.6 Å². The Morgan fingerprint density at radius 2 is 1.93 bits per heavy atom. The number of nitrogens with one attached hydrogen (secondary N) is 2. The van der Waals surface area contributed by atoms with Gasteiger partial charge >= 0.3 is 0 Å². The zero-order chi connectivity index (χ0) is 20.0. The first-order valence-electron chi connectivity index (χ1n) is 8.46. The molecule has 0 spiro atoms. The van der Waals surface area contributed by atoms with Crippen LogP contribution in [0.25, 0.3) is 27.9 Å². The van der Waals surface area contributed by atoms with Crippen molar-refractivity contribution in [1.29, 1.82) is 0 Å². The lowest BCUT2D eigenvalue weighted by atomic mass is 10.0. The monoisotopic (exact) mass is 414 g/mol. The normalized spacial score (nSPS) is 11.7. The van der Waals surface area contributed by atoms with Gasteiger partial charge < -0.3 is 20.0 Å². The van der Waals surface area contributed by atoms with Gasteiger partial charge in [-0.15, -0.1) is 0 Å². The molecule has 8 heteroatoms.